The van der Waals surface area contributed by atoms with E-state index in [0.717, 1.165) is 23.1 Å². The molecule has 1 unspecified atom stereocenters. The van der Waals surface area contributed by atoms with Crippen LogP contribution in [0.2, 0.25) is 0 Å². The van der Waals surface area contributed by atoms with Crippen molar-refractivity contribution in [3.63, 3.8) is 0 Å². The fourth-order valence-corrected chi connectivity index (χ4v) is 2.64. The fraction of sp³-hybridized carbons (Fsp3) is 0.636. The zero-order chi connectivity index (χ0) is 11.5. The van der Waals surface area contributed by atoms with Crippen LogP contribution in [0.5, 0.6) is 0 Å². The number of aromatic nitrogens is 2. The van der Waals surface area contributed by atoms with Gasteiger partial charge in [-0.15, -0.1) is 5.10 Å². The Hall–Kier alpha value is -0.680. The van der Waals surface area contributed by atoms with Gasteiger partial charge < -0.3 is 10.6 Å². The Morgan fingerprint density at radius 2 is 2.38 bits per heavy atom. The monoisotopic (exact) mass is 284 g/mol. The SMILES string of the molecule is CCN1CCCC1Cc1cc(Br)c(N)nn1. The van der Waals surface area contributed by atoms with Gasteiger partial charge in [0.2, 0.25) is 0 Å². The van der Waals surface area contributed by atoms with Crippen LogP contribution >= 0.6 is 15.9 Å². The van der Waals surface area contributed by atoms with Crippen LogP contribution in [-0.2, 0) is 6.42 Å². The number of anilines is 1. The molecule has 2 rings (SSSR count). The van der Waals surface area contributed by atoms with Gasteiger partial charge in [-0.2, -0.15) is 5.10 Å². The molecular formula is C11H17BrN4. The number of likely N-dealkylation sites (tertiary alicyclic amines) is 1. The summed E-state index contributed by atoms with van der Waals surface area (Å²) in [6.45, 7) is 4.54. The molecule has 1 atom stereocenters. The summed E-state index contributed by atoms with van der Waals surface area (Å²) in [5.41, 5.74) is 6.64. The maximum atomic E-state index is 5.62. The van der Waals surface area contributed by atoms with Gasteiger partial charge in [-0.25, -0.2) is 0 Å². The summed E-state index contributed by atoms with van der Waals surface area (Å²) in [4.78, 5) is 2.51. The summed E-state index contributed by atoms with van der Waals surface area (Å²) in [5, 5.41) is 8.07. The normalized spacial score (nSPS) is 21.5. The molecule has 1 aliphatic rings. The van der Waals surface area contributed by atoms with Gasteiger partial charge in [-0.3, -0.25) is 0 Å². The average Bonchev–Trinajstić information content (AvgIpc) is 2.71. The molecule has 1 fully saturated rings. The van der Waals surface area contributed by atoms with E-state index in [-0.39, 0.29) is 0 Å². The fourth-order valence-electron chi connectivity index (χ4n) is 2.30. The van der Waals surface area contributed by atoms with Crippen molar-refractivity contribution >= 4 is 21.7 Å². The molecule has 0 saturated carbocycles. The van der Waals surface area contributed by atoms with Crippen LogP contribution in [0, 0.1) is 0 Å². The Morgan fingerprint density at radius 3 is 3.06 bits per heavy atom. The molecular weight excluding hydrogens is 268 g/mol. The van der Waals surface area contributed by atoms with Gasteiger partial charge in [-0.05, 0) is 47.9 Å². The van der Waals surface area contributed by atoms with Crippen molar-refractivity contribution in [2.75, 3.05) is 18.8 Å². The number of hydrogen-bond acceptors (Lipinski definition) is 4. The van der Waals surface area contributed by atoms with Gasteiger partial charge in [0.25, 0.3) is 0 Å². The first-order valence-electron chi connectivity index (χ1n) is 5.72. The lowest BCUT2D eigenvalue weighted by Crippen LogP contribution is -2.31. The first kappa shape index (κ1) is 11.8. The standard InChI is InChI=1S/C11H17BrN4/c1-2-16-5-3-4-9(16)6-8-7-10(12)11(13)15-14-8/h7,9H,2-6H2,1H3,(H2,13,15). The molecule has 88 valence electrons. The van der Waals surface area contributed by atoms with Crippen LogP contribution in [0.25, 0.3) is 0 Å². The molecule has 1 aliphatic heterocycles. The zero-order valence-electron chi connectivity index (χ0n) is 9.49. The highest BCUT2D eigenvalue weighted by molar-refractivity contribution is 9.10. The maximum absolute atomic E-state index is 5.62. The van der Waals surface area contributed by atoms with Crippen molar-refractivity contribution < 1.29 is 0 Å². The summed E-state index contributed by atoms with van der Waals surface area (Å²) >= 11 is 3.39. The third-order valence-corrected chi connectivity index (χ3v) is 3.81. The number of nitrogen functional groups attached to an aromatic ring is 1. The number of halogens is 1. The topological polar surface area (TPSA) is 55.0 Å². The van der Waals surface area contributed by atoms with Crippen molar-refractivity contribution in [2.45, 2.75) is 32.2 Å². The molecule has 2 N–H and O–H groups in total. The second kappa shape index (κ2) is 5.10. The summed E-state index contributed by atoms with van der Waals surface area (Å²) in [7, 11) is 0. The molecule has 1 aromatic heterocycles. The third-order valence-electron chi connectivity index (χ3n) is 3.17. The smallest absolute Gasteiger partial charge is 0.160 e. The molecule has 0 radical (unpaired) electrons. The number of nitrogens with two attached hydrogens (primary N) is 1. The van der Waals surface area contributed by atoms with E-state index in [2.05, 4.69) is 38.0 Å². The molecule has 0 aliphatic carbocycles. The van der Waals surface area contributed by atoms with Crippen LogP contribution in [0.1, 0.15) is 25.5 Å². The molecule has 1 saturated heterocycles. The highest BCUT2D eigenvalue weighted by Crippen LogP contribution is 2.22. The Bertz CT molecular complexity index is 369. The second-order valence-electron chi connectivity index (χ2n) is 4.20. The molecule has 0 amide bonds. The first-order valence-corrected chi connectivity index (χ1v) is 6.51. The molecule has 1 aromatic rings. The van der Waals surface area contributed by atoms with E-state index in [9.17, 15) is 0 Å². The average molecular weight is 285 g/mol. The van der Waals surface area contributed by atoms with E-state index in [1.54, 1.807) is 0 Å². The lowest BCUT2D eigenvalue weighted by Gasteiger charge is -2.22. The number of likely N-dealkylation sites (N-methyl/N-ethyl adjacent to an activating group) is 1. The molecule has 0 spiro atoms. The van der Waals surface area contributed by atoms with Crippen LogP contribution < -0.4 is 5.73 Å². The van der Waals surface area contributed by atoms with Crippen LogP contribution in [0.3, 0.4) is 0 Å². The Kier molecular flexibility index (Phi) is 3.76. The van der Waals surface area contributed by atoms with Gasteiger partial charge in [0.15, 0.2) is 5.82 Å². The molecule has 5 heteroatoms. The van der Waals surface area contributed by atoms with Crippen molar-refractivity contribution in [3.8, 4) is 0 Å². The van der Waals surface area contributed by atoms with Gasteiger partial charge >= 0.3 is 0 Å². The Labute approximate surface area is 104 Å². The zero-order valence-corrected chi connectivity index (χ0v) is 11.1. The van der Waals surface area contributed by atoms with Crippen molar-refractivity contribution in [3.05, 3.63) is 16.2 Å². The molecule has 0 aromatic carbocycles. The summed E-state index contributed by atoms with van der Waals surface area (Å²) < 4.78 is 0.846. The first-order chi connectivity index (χ1) is 7.70. The number of rotatable bonds is 3. The molecule has 0 bridgehead atoms. The van der Waals surface area contributed by atoms with Crippen molar-refractivity contribution in [1.82, 2.24) is 15.1 Å². The van der Waals surface area contributed by atoms with E-state index >= 15 is 0 Å². The van der Waals surface area contributed by atoms with E-state index in [4.69, 9.17) is 5.73 Å². The highest BCUT2D eigenvalue weighted by Gasteiger charge is 2.23. The van der Waals surface area contributed by atoms with E-state index < -0.39 is 0 Å². The van der Waals surface area contributed by atoms with Crippen LogP contribution in [-0.4, -0.2) is 34.2 Å². The summed E-state index contributed by atoms with van der Waals surface area (Å²) in [6.07, 6.45) is 3.53. The highest BCUT2D eigenvalue weighted by atomic mass is 79.9. The largest absolute Gasteiger partial charge is 0.381 e. The minimum atomic E-state index is 0.461. The maximum Gasteiger partial charge on any atom is 0.160 e. The van der Waals surface area contributed by atoms with E-state index in [1.165, 1.54) is 19.4 Å². The lowest BCUT2D eigenvalue weighted by molar-refractivity contribution is 0.264. The van der Waals surface area contributed by atoms with E-state index in [0.29, 0.717) is 11.9 Å². The number of hydrogen-bond donors (Lipinski definition) is 1. The van der Waals surface area contributed by atoms with Crippen LogP contribution in [0.15, 0.2) is 10.5 Å². The predicted molar refractivity (Wildman–Crippen MR) is 68.1 cm³/mol. The minimum absolute atomic E-state index is 0.461. The van der Waals surface area contributed by atoms with Gasteiger partial charge in [0.05, 0.1) is 10.2 Å². The minimum Gasteiger partial charge on any atom is -0.381 e. The third kappa shape index (κ3) is 2.52. The molecule has 2 heterocycles. The lowest BCUT2D eigenvalue weighted by atomic mass is 10.1. The van der Waals surface area contributed by atoms with Crippen molar-refractivity contribution in [2.24, 2.45) is 0 Å². The summed E-state index contributed by atoms with van der Waals surface area (Å²) in [5.74, 6) is 0.461. The quantitative estimate of drug-likeness (QED) is 0.920. The predicted octanol–water partition coefficient (Wildman–Crippen LogP) is 1.85. The second-order valence-corrected chi connectivity index (χ2v) is 5.05. The van der Waals surface area contributed by atoms with Gasteiger partial charge in [0.1, 0.15) is 0 Å². The number of nitrogens with zero attached hydrogens (tertiary/aromatic N) is 3. The Morgan fingerprint density at radius 1 is 1.56 bits per heavy atom. The van der Waals surface area contributed by atoms with Gasteiger partial charge in [-0.1, -0.05) is 6.92 Å². The van der Waals surface area contributed by atoms with E-state index in [1.807, 2.05) is 6.07 Å². The molecule has 4 nitrogen and oxygen atoms in total. The Balaban J connectivity index is 2.05. The molecule has 16 heavy (non-hydrogen) atoms. The van der Waals surface area contributed by atoms with Crippen molar-refractivity contribution in [1.29, 1.82) is 0 Å². The van der Waals surface area contributed by atoms with Gasteiger partial charge in [0, 0.05) is 12.5 Å². The van der Waals surface area contributed by atoms with Crippen LogP contribution in [0.4, 0.5) is 5.82 Å². The summed E-state index contributed by atoms with van der Waals surface area (Å²) in [6, 6.07) is 2.60.